The van der Waals surface area contributed by atoms with E-state index in [1.54, 1.807) is 14.2 Å². The summed E-state index contributed by atoms with van der Waals surface area (Å²) in [5.41, 5.74) is 7.12. The second-order valence-electron chi connectivity index (χ2n) is 5.55. The number of ether oxygens (including phenoxy) is 2. The Morgan fingerprint density at radius 3 is 2.77 bits per heavy atom. The van der Waals surface area contributed by atoms with Crippen LogP contribution < -0.4 is 15.2 Å². The second-order valence-corrected chi connectivity index (χ2v) is 5.55. The number of halogens is 1. The Hall–Kier alpha value is -1.18. The number of hydrogen-bond donors (Lipinski definition) is 1. The number of guanidine groups is 1. The highest BCUT2D eigenvalue weighted by Crippen LogP contribution is 2.25. The van der Waals surface area contributed by atoms with E-state index in [4.69, 9.17) is 15.2 Å². The van der Waals surface area contributed by atoms with Gasteiger partial charge in [0.15, 0.2) is 5.96 Å². The van der Waals surface area contributed by atoms with Gasteiger partial charge in [-0.15, -0.1) is 24.0 Å². The van der Waals surface area contributed by atoms with Crippen molar-refractivity contribution in [1.29, 1.82) is 0 Å². The molecule has 6 heteroatoms. The Bertz CT molecular complexity index is 508. The first-order valence-electron chi connectivity index (χ1n) is 7.39. The molecular weight excluding hydrogens is 393 g/mol. The summed E-state index contributed by atoms with van der Waals surface area (Å²) in [4.78, 5) is 6.69. The van der Waals surface area contributed by atoms with E-state index in [9.17, 15) is 0 Å². The maximum Gasteiger partial charge on any atom is 0.191 e. The van der Waals surface area contributed by atoms with Crippen LogP contribution in [0.1, 0.15) is 25.3 Å². The van der Waals surface area contributed by atoms with Crippen molar-refractivity contribution in [3.63, 3.8) is 0 Å². The normalized spacial score (nSPS) is 18.6. The van der Waals surface area contributed by atoms with Crippen molar-refractivity contribution in [2.24, 2.45) is 16.6 Å². The molecule has 2 N–H and O–H groups in total. The van der Waals surface area contributed by atoms with Gasteiger partial charge in [0, 0.05) is 24.7 Å². The second kappa shape index (κ2) is 9.07. The van der Waals surface area contributed by atoms with E-state index in [-0.39, 0.29) is 24.0 Å². The highest BCUT2D eigenvalue weighted by Gasteiger charge is 2.17. The highest BCUT2D eigenvalue weighted by atomic mass is 127. The van der Waals surface area contributed by atoms with Crippen molar-refractivity contribution in [1.82, 2.24) is 4.90 Å². The van der Waals surface area contributed by atoms with Crippen LogP contribution in [0.2, 0.25) is 0 Å². The Labute approximate surface area is 149 Å². The van der Waals surface area contributed by atoms with E-state index < -0.39 is 0 Å². The predicted octanol–water partition coefficient (Wildman–Crippen LogP) is 2.87. The van der Waals surface area contributed by atoms with Crippen LogP contribution in [0.3, 0.4) is 0 Å². The molecule has 124 valence electrons. The predicted molar refractivity (Wildman–Crippen MR) is 100 cm³/mol. The third-order valence-electron chi connectivity index (χ3n) is 3.89. The lowest BCUT2D eigenvalue weighted by Crippen LogP contribution is -2.43. The van der Waals surface area contributed by atoms with Crippen LogP contribution in [-0.2, 0) is 6.54 Å². The van der Waals surface area contributed by atoms with Crippen molar-refractivity contribution in [2.45, 2.75) is 26.3 Å². The Morgan fingerprint density at radius 1 is 1.36 bits per heavy atom. The average Bonchev–Trinajstić information content (AvgIpc) is 2.52. The molecule has 1 atom stereocenters. The number of benzene rings is 1. The van der Waals surface area contributed by atoms with Crippen LogP contribution in [0.15, 0.2) is 23.2 Å². The lowest BCUT2D eigenvalue weighted by atomic mass is 10.0. The summed E-state index contributed by atoms with van der Waals surface area (Å²) in [6.45, 7) is 4.77. The van der Waals surface area contributed by atoms with E-state index in [0.29, 0.717) is 18.4 Å². The van der Waals surface area contributed by atoms with Crippen LogP contribution in [0.5, 0.6) is 11.5 Å². The minimum atomic E-state index is 0. The summed E-state index contributed by atoms with van der Waals surface area (Å²) in [5, 5.41) is 0. The molecule has 0 amide bonds. The minimum absolute atomic E-state index is 0. The lowest BCUT2D eigenvalue weighted by Gasteiger charge is -2.31. The van der Waals surface area contributed by atoms with Gasteiger partial charge in [-0.2, -0.15) is 0 Å². The van der Waals surface area contributed by atoms with E-state index in [1.165, 1.54) is 12.8 Å². The lowest BCUT2D eigenvalue weighted by molar-refractivity contribution is 0.270. The topological polar surface area (TPSA) is 60.1 Å². The number of nitrogens with zero attached hydrogens (tertiary/aromatic N) is 2. The largest absolute Gasteiger partial charge is 0.497 e. The Kier molecular flexibility index (Phi) is 7.78. The summed E-state index contributed by atoms with van der Waals surface area (Å²) in [6, 6.07) is 5.74. The number of hydrogen-bond acceptors (Lipinski definition) is 3. The summed E-state index contributed by atoms with van der Waals surface area (Å²) < 4.78 is 10.6. The quantitative estimate of drug-likeness (QED) is 0.463. The van der Waals surface area contributed by atoms with E-state index >= 15 is 0 Å². The molecule has 1 fully saturated rings. The van der Waals surface area contributed by atoms with Gasteiger partial charge in [0.25, 0.3) is 0 Å². The van der Waals surface area contributed by atoms with Crippen molar-refractivity contribution in [3.8, 4) is 11.5 Å². The highest BCUT2D eigenvalue weighted by molar-refractivity contribution is 14.0. The number of rotatable bonds is 4. The number of likely N-dealkylation sites (tertiary alicyclic amines) is 1. The minimum Gasteiger partial charge on any atom is -0.497 e. The Morgan fingerprint density at radius 2 is 2.14 bits per heavy atom. The SMILES string of the molecule is COc1ccc(CN=C(N)N2CCCC(C)C2)c(OC)c1.I. The van der Waals surface area contributed by atoms with Gasteiger partial charge in [-0.1, -0.05) is 6.92 Å². The average molecular weight is 419 g/mol. The summed E-state index contributed by atoms with van der Waals surface area (Å²) >= 11 is 0. The molecule has 0 aliphatic carbocycles. The van der Waals surface area contributed by atoms with Crippen molar-refractivity contribution >= 4 is 29.9 Å². The first kappa shape index (κ1) is 18.9. The fraction of sp³-hybridized carbons (Fsp3) is 0.562. The van der Waals surface area contributed by atoms with Crippen molar-refractivity contribution in [3.05, 3.63) is 23.8 Å². The number of nitrogens with two attached hydrogens (primary N) is 1. The number of methoxy groups -OCH3 is 2. The monoisotopic (exact) mass is 419 g/mol. The van der Waals surface area contributed by atoms with E-state index in [0.717, 1.165) is 30.2 Å². The van der Waals surface area contributed by atoms with Gasteiger partial charge in [-0.3, -0.25) is 0 Å². The molecular formula is C16H26IN3O2. The van der Waals surface area contributed by atoms with Crippen LogP contribution in [0.4, 0.5) is 0 Å². The van der Waals surface area contributed by atoms with Gasteiger partial charge in [0.1, 0.15) is 11.5 Å². The van der Waals surface area contributed by atoms with Crippen LogP contribution >= 0.6 is 24.0 Å². The summed E-state index contributed by atoms with van der Waals surface area (Å²) in [6.07, 6.45) is 2.46. The van der Waals surface area contributed by atoms with Gasteiger partial charge in [0.2, 0.25) is 0 Å². The molecule has 0 spiro atoms. The van der Waals surface area contributed by atoms with Gasteiger partial charge < -0.3 is 20.1 Å². The van der Waals surface area contributed by atoms with Crippen LogP contribution in [0.25, 0.3) is 0 Å². The van der Waals surface area contributed by atoms with Gasteiger partial charge in [0.05, 0.1) is 20.8 Å². The molecule has 22 heavy (non-hydrogen) atoms. The van der Waals surface area contributed by atoms with Crippen LogP contribution in [-0.4, -0.2) is 38.2 Å². The molecule has 1 aromatic carbocycles. The Balaban J connectivity index is 0.00000242. The molecule has 1 aromatic rings. The zero-order chi connectivity index (χ0) is 15.2. The van der Waals surface area contributed by atoms with Gasteiger partial charge >= 0.3 is 0 Å². The van der Waals surface area contributed by atoms with Crippen molar-refractivity contribution < 1.29 is 9.47 Å². The number of aliphatic imine (C=N–C) groups is 1. The van der Waals surface area contributed by atoms with Crippen LogP contribution in [0, 0.1) is 5.92 Å². The smallest absolute Gasteiger partial charge is 0.191 e. The van der Waals surface area contributed by atoms with Crippen molar-refractivity contribution in [2.75, 3.05) is 27.3 Å². The molecule has 1 heterocycles. The summed E-state index contributed by atoms with van der Waals surface area (Å²) in [7, 11) is 3.29. The fourth-order valence-electron chi connectivity index (χ4n) is 2.65. The zero-order valence-electron chi connectivity index (χ0n) is 13.5. The molecule has 1 aliphatic rings. The zero-order valence-corrected chi connectivity index (χ0v) is 15.9. The molecule has 5 nitrogen and oxygen atoms in total. The molecule has 0 bridgehead atoms. The van der Waals surface area contributed by atoms with E-state index in [1.807, 2.05) is 18.2 Å². The standard InChI is InChI=1S/C16H25N3O2.HI/c1-12-5-4-8-19(11-12)16(17)18-10-13-6-7-14(20-2)9-15(13)21-3;/h6-7,9,12H,4-5,8,10-11H2,1-3H3,(H2,17,18);1H. The first-order chi connectivity index (χ1) is 10.1. The third-order valence-corrected chi connectivity index (χ3v) is 3.89. The van der Waals surface area contributed by atoms with Gasteiger partial charge in [-0.25, -0.2) is 4.99 Å². The third kappa shape index (κ3) is 4.93. The molecule has 1 unspecified atom stereocenters. The fourth-order valence-corrected chi connectivity index (χ4v) is 2.65. The summed E-state index contributed by atoms with van der Waals surface area (Å²) in [5.74, 6) is 2.86. The maximum absolute atomic E-state index is 6.12. The molecule has 0 radical (unpaired) electrons. The maximum atomic E-state index is 6.12. The first-order valence-corrected chi connectivity index (χ1v) is 7.39. The molecule has 2 rings (SSSR count). The molecule has 1 aliphatic heterocycles. The molecule has 1 saturated heterocycles. The van der Waals surface area contributed by atoms with Gasteiger partial charge in [-0.05, 0) is 30.9 Å². The molecule has 0 saturated carbocycles. The van der Waals surface area contributed by atoms with E-state index in [2.05, 4.69) is 16.8 Å². The number of piperidine rings is 1. The molecule has 0 aromatic heterocycles.